The molecule has 11 heteroatoms. The van der Waals surface area contributed by atoms with Crippen molar-refractivity contribution >= 4 is 26.7 Å². The van der Waals surface area contributed by atoms with Crippen molar-refractivity contribution in [1.82, 2.24) is 4.98 Å². The maximum atomic E-state index is 14.9. The van der Waals surface area contributed by atoms with E-state index in [0.717, 1.165) is 6.26 Å². The largest absolute Gasteiger partial charge is 0.436 e. The first-order valence-corrected chi connectivity index (χ1v) is 11.7. The lowest BCUT2D eigenvalue weighted by Gasteiger charge is -2.11. The standard InChI is InChI=1S/C23H17F2N3O5S/c1-13-16-9-8-15(32-22-18(24)6-4-10-26-22)12-20(16)33-23(29)17(13)11-14-5-3-7-19(21(14)25)27-28-34(2,30)31/h3-10,12H,11H2,1-2H3. The van der Waals surface area contributed by atoms with E-state index >= 15 is 0 Å². The van der Waals surface area contributed by atoms with Crippen molar-refractivity contribution in [3.63, 3.8) is 0 Å². The second-order valence-corrected chi connectivity index (χ2v) is 9.01. The zero-order valence-corrected chi connectivity index (χ0v) is 18.8. The van der Waals surface area contributed by atoms with Gasteiger partial charge >= 0.3 is 5.63 Å². The van der Waals surface area contributed by atoms with Gasteiger partial charge in [0, 0.05) is 29.6 Å². The van der Waals surface area contributed by atoms with E-state index < -0.39 is 27.3 Å². The Morgan fingerprint density at radius 2 is 1.91 bits per heavy atom. The molecule has 8 nitrogen and oxygen atoms in total. The van der Waals surface area contributed by atoms with Crippen molar-refractivity contribution in [3.05, 3.63) is 93.5 Å². The van der Waals surface area contributed by atoms with E-state index in [4.69, 9.17) is 9.15 Å². The summed E-state index contributed by atoms with van der Waals surface area (Å²) < 4.78 is 65.0. The average molecular weight is 485 g/mol. The van der Waals surface area contributed by atoms with Crippen LogP contribution in [0.5, 0.6) is 11.6 Å². The lowest BCUT2D eigenvalue weighted by Crippen LogP contribution is -2.11. The van der Waals surface area contributed by atoms with Crippen LogP contribution in [0.3, 0.4) is 0 Å². The molecule has 2 aromatic heterocycles. The van der Waals surface area contributed by atoms with Crippen LogP contribution in [-0.4, -0.2) is 19.7 Å². The summed E-state index contributed by atoms with van der Waals surface area (Å²) in [6, 6.07) is 11.5. The van der Waals surface area contributed by atoms with Gasteiger partial charge in [0.05, 0.1) is 6.26 Å². The van der Waals surface area contributed by atoms with Crippen LogP contribution in [0.2, 0.25) is 0 Å². The van der Waals surface area contributed by atoms with Crippen molar-refractivity contribution in [1.29, 1.82) is 0 Å². The van der Waals surface area contributed by atoms with Crippen molar-refractivity contribution in [2.45, 2.75) is 13.3 Å². The number of halogens is 2. The normalized spacial score (nSPS) is 11.9. The van der Waals surface area contributed by atoms with Crippen LogP contribution in [0, 0.1) is 18.6 Å². The molecule has 0 N–H and O–H groups in total. The van der Waals surface area contributed by atoms with Gasteiger partial charge in [0.1, 0.15) is 17.0 Å². The topological polar surface area (TPSA) is 111 Å². The number of pyridine rings is 1. The molecule has 0 radical (unpaired) electrons. The Morgan fingerprint density at radius 1 is 1.12 bits per heavy atom. The van der Waals surface area contributed by atoms with Gasteiger partial charge in [0.25, 0.3) is 15.9 Å². The molecule has 0 bridgehead atoms. The maximum absolute atomic E-state index is 14.9. The quantitative estimate of drug-likeness (QED) is 0.274. The Morgan fingerprint density at radius 3 is 2.65 bits per heavy atom. The van der Waals surface area contributed by atoms with E-state index in [9.17, 15) is 22.0 Å². The monoisotopic (exact) mass is 485 g/mol. The Labute approximate surface area is 192 Å². The molecular formula is C23H17F2N3O5S. The third-order valence-electron chi connectivity index (χ3n) is 4.92. The minimum atomic E-state index is -3.78. The van der Waals surface area contributed by atoms with Gasteiger partial charge in [-0.15, -0.1) is 5.11 Å². The van der Waals surface area contributed by atoms with Crippen LogP contribution in [0.4, 0.5) is 14.5 Å². The van der Waals surface area contributed by atoms with E-state index in [1.54, 1.807) is 19.1 Å². The van der Waals surface area contributed by atoms with Crippen LogP contribution in [0.25, 0.3) is 11.0 Å². The van der Waals surface area contributed by atoms with Crippen molar-refractivity contribution in [2.75, 3.05) is 6.26 Å². The number of hydrogen-bond acceptors (Lipinski definition) is 7. The molecule has 0 fully saturated rings. The molecule has 2 aromatic carbocycles. The van der Waals surface area contributed by atoms with Gasteiger partial charge in [-0.1, -0.05) is 16.7 Å². The summed E-state index contributed by atoms with van der Waals surface area (Å²) in [7, 11) is -3.78. The second kappa shape index (κ2) is 9.10. The van der Waals surface area contributed by atoms with Gasteiger partial charge in [0.2, 0.25) is 0 Å². The summed E-state index contributed by atoms with van der Waals surface area (Å²) in [4.78, 5) is 16.5. The molecule has 0 unspecified atom stereocenters. The lowest BCUT2D eigenvalue weighted by molar-refractivity contribution is 0.422. The highest BCUT2D eigenvalue weighted by molar-refractivity contribution is 7.89. The van der Waals surface area contributed by atoms with Crippen LogP contribution < -0.4 is 10.4 Å². The zero-order valence-electron chi connectivity index (χ0n) is 18.0. The van der Waals surface area contributed by atoms with Gasteiger partial charge < -0.3 is 9.15 Å². The fourth-order valence-electron chi connectivity index (χ4n) is 3.29. The van der Waals surface area contributed by atoms with E-state index in [0.29, 0.717) is 10.9 Å². The molecule has 0 saturated heterocycles. The van der Waals surface area contributed by atoms with E-state index in [2.05, 4.69) is 14.6 Å². The fraction of sp³-hybridized carbons (Fsp3) is 0.130. The highest BCUT2D eigenvalue weighted by Crippen LogP contribution is 2.29. The Kier molecular flexibility index (Phi) is 6.20. The number of rotatable bonds is 6. The minimum absolute atomic E-state index is 0.116. The van der Waals surface area contributed by atoms with Gasteiger partial charge in [-0.05, 0) is 48.4 Å². The second-order valence-electron chi connectivity index (χ2n) is 7.39. The lowest BCUT2D eigenvalue weighted by atomic mass is 9.99. The molecule has 4 rings (SSSR count). The third kappa shape index (κ3) is 4.99. The first-order valence-electron chi connectivity index (χ1n) is 9.87. The van der Waals surface area contributed by atoms with Gasteiger partial charge in [-0.25, -0.2) is 27.0 Å². The summed E-state index contributed by atoms with van der Waals surface area (Å²) >= 11 is 0. The first kappa shape index (κ1) is 23.2. The summed E-state index contributed by atoms with van der Waals surface area (Å²) in [6.07, 6.45) is 2.10. The molecule has 2 heterocycles. The first-order chi connectivity index (χ1) is 16.1. The number of hydrogen-bond donors (Lipinski definition) is 0. The maximum Gasteiger partial charge on any atom is 0.340 e. The number of ether oxygens (including phenoxy) is 1. The number of nitrogens with zero attached hydrogens (tertiary/aromatic N) is 3. The van der Waals surface area contributed by atoms with E-state index in [1.165, 1.54) is 42.6 Å². The molecule has 4 aromatic rings. The third-order valence-corrected chi connectivity index (χ3v) is 5.30. The Hall–Kier alpha value is -3.99. The number of fused-ring (bicyclic) bond motifs is 1. The van der Waals surface area contributed by atoms with Gasteiger partial charge in [-0.3, -0.25) is 0 Å². The van der Waals surface area contributed by atoms with Crippen molar-refractivity contribution in [2.24, 2.45) is 9.63 Å². The molecule has 0 aliphatic heterocycles. The molecule has 174 valence electrons. The smallest absolute Gasteiger partial charge is 0.340 e. The number of sulfonamides is 1. The van der Waals surface area contributed by atoms with Crippen LogP contribution in [-0.2, 0) is 16.4 Å². The molecule has 0 aliphatic carbocycles. The number of benzene rings is 2. The zero-order chi connectivity index (χ0) is 24.5. The van der Waals surface area contributed by atoms with E-state index in [-0.39, 0.29) is 40.4 Å². The van der Waals surface area contributed by atoms with Crippen LogP contribution >= 0.6 is 0 Å². The van der Waals surface area contributed by atoms with Crippen molar-refractivity contribution in [3.8, 4) is 11.6 Å². The van der Waals surface area contributed by atoms with Crippen molar-refractivity contribution < 1.29 is 26.4 Å². The summed E-state index contributed by atoms with van der Waals surface area (Å²) in [6.45, 7) is 1.69. The molecule has 0 amide bonds. The minimum Gasteiger partial charge on any atom is -0.436 e. The Bertz CT molecular complexity index is 1600. The van der Waals surface area contributed by atoms with Crippen LogP contribution in [0.15, 0.2) is 73.6 Å². The number of aryl methyl sites for hydroxylation is 1. The molecule has 0 saturated carbocycles. The predicted molar refractivity (Wildman–Crippen MR) is 120 cm³/mol. The highest BCUT2D eigenvalue weighted by Gasteiger charge is 2.17. The van der Waals surface area contributed by atoms with E-state index in [1.807, 2.05) is 0 Å². The number of aromatic nitrogens is 1. The molecule has 0 aliphatic rings. The predicted octanol–water partition coefficient (Wildman–Crippen LogP) is 5.20. The summed E-state index contributed by atoms with van der Waals surface area (Å²) in [5, 5.41) is 4.02. The van der Waals surface area contributed by atoms with Gasteiger partial charge in [0.15, 0.2) is 11.6 Å². The average Bonchev–Trinajstić information content (AvgIpc) is 2.77. The van der Waals surface area contributed by atoms with Gasteiger partial charge in [-0.2, -0.15) is 0 Å². The molecule has 0 atom stereocenters. The fourth-order valence-corrected chi connectivity index (χ4v) is 3.53. The molecule has 0 spiro atoms. The van der Waals surface area contributed by atoms with Crippen LogP contribution in [0.1, 0.15) is 16.7 Å². The molecular weight excluding hydrogens is 468 g/mol. The Balaban J connectivity index is 1.69. The SMILES string of the molecule is Cc1c(Cc2cccc(N=NS(C)(=O)=O)c2F)c(=O)oc2cc(Oc3ncccc3F)ccc12. The summed E-state index contributed by atoms with van der Waals surface area (Å²) in [5.41, 5.74) is 0.141. The highest BCUT2D eigenvalue weighted by atomic mass is 32.2. The molecule has 34 heavy (non-hydrogen) atoms. The summed E-state index contributed by atoms with van der Waals surface area (Å²) in [5.74, 6) is -1.44.